The van der Waals surface area contributed by atoms with Gasteiger partial charge in [-0.15, -0.1) is 0 Å². The van der Waals surface area contributed by atoms with Gasteiger partial charge in [-0.1, -0.05) is 23.7 Å². The summed E-state index contributed by atoms with van der Waals surface area (Å²) in [4.78, 5) is 10.7. The van der Waals surface area contributed by atoms with Crippen LogP contribution in [0.2, 0.25) is 5.02 Å². The quantitative estimate of drug-likeness (QED) is 0.834. The molecule has 0 heterocycles. The largest absolute Gasteiger partial charge is 0.388 e. The maximum atomic E-state index is 10.7. The minimum atomic E-state index is -0.573. The van der Waals surface area contributed by atoms with Gasteiger partial charge in [0.2, 0.25) is 0 Å². The molecule has 1 aromatic rings. The van der Waals surface area contributed by atoms with Crippen molar-refractivity contribution in [1.29, 1.82) is 0 Å². The molecular formula is C11H13ClO2. The lowest BCUT2D eigenvalue weighted by molar-refractivity contribution is -0.117. The van der Waals surface area contributed by atoms with Crippen molar-refractivity contribution in [1.82, 2.24) is 0 Å². The topological polar surface area (TPSA) is 37.3 Å². The summed E-state index contributed by atoms with van der Waals surface area (Å²) in [7, 11) is 0. The van der Waals surface area contributed by atoms with E-state index in [0.717, 1.165) is 5.56 Å². The van der Waals surface area contributed by atoms with Crippen molar-refractivity contribution in [3.63, 3.8) is 0 Å². The van der Waals surface area contributed by atoms with Crippen LogP contribution in [0.5, 0.6) is 0 Å². The second-order valence-corrected chi connectivity index (χ2v) is 3.74. The number of benzene rings is 1. The zero-order chi connectivity index (χ0) is 10.6. The zero-order valence-electron chi connectivity index (χ0n) is 8.03. The highest BCUT2D eigenvalue weighted by Crippen LogP contribution is 2.20. The first kappa shape index (κ1) is 11.2. The molecule has 1 rings (SSSR count). The van der Waals surface area contributed by atoms with Crippen LogP contribution >= 0.6 is 11.6 Å². The molecule has 0 aromatic heterocycles. The Morgan fingerprint density at radius 3 is 2.50 bits per heavy atom. The second-order valence-electron chi connectivity index (χ2n) is 3.31. The molecule has 0 amide bonds. The summed E-state index contributed by atoms with van der Waals surface area (Å²) < 4.78 is 0. The lowest BCUT2D eigenvalue weighted by Crippen LogP contribution is -2.00. The van der Waals surface area contributed by atoms with Crippen LogP contribution in [0.3, 0.4) is 0 Å². The van der Waals surface area contributed by atoms with Crippen molar-refractivity contribution in [3.05, 3.63) is 34.9 Å². The molecule has 0 aliphatic rings. The standard InChI is InChI=1S/C11H13ClO2/c1-8(13)2-7-11(14)9-3-5-10(12)6-4-9/h3-6,11,14H,2,7H2,1H3. The Balaban J connectivity index is 2.56. The molecule has 0 spiro atoms. The number of halogens is 1. The summed E-state index contributed by atoms with van der Waals surface area (Å²) in [6.45, 7) is 1.52. The molecule has 76 valence electrons. The third-order valence-electron chi connectivity index (χ3n) is 2.02. The van der Waals surface area contributed by atoms with E-state index in [4.69, 9.17) is 11.6 Å². The highest BCUT2D eigenvalue weighted by molar-refractivity contribution is 6.30. The summed E-state index contributed by atoms with van der Waals surface area (Å²) in [6.07, 6.45) is 0.303. The highest BCUT2D eigenvalue weighted by Gasteiger charge is 2.07. The van der Waals surface area contributed by atoms with Gasteiger partial charge in [-0.05, 0) is 31.0 Å². The summed E-state index contributed by atoms with van der Waals surface area (Å²) in [5.74, 6) is 0.0954. The molecule has 0 saturated carbocycles. The number of Topliss-reactive ketones (excluding diaryl/α,β-unsaturated/α-hetero) is 1. The first-order valence-electron chi connectivity index (χ1n) is 4.52. The molecule has 1 aromatic carbocycles. The van der Waals surface area contributed by atoms with Gasteiger partial charge in [-0.2, -0.15) is 0 Å². The van der Waals surface area contributed by atoms with E-state index in [1.807, 2.05) is 0 Å². The molecule has 0 bridgehead atoms. The van der Waals surface area contributed by atoms with Crippen LogP contribution in [0, 0.1) is 0 Å². The van der Waals surface area contributed by atoms with E-state index in [2.05, 4.69) is 0 Å². The van der Waals surface area contributed by atoms with E-state index >= 15 is 0 Å². The summed E-state index contributed by atoms with van der Waals surface area (Å²) in [5.41, 5.74) is 0.802. The monoisotopic (exact) mass is 212 g/mol. The van der Waals surface area contributed by atoms with Gasteiger partial charge in [-0.25, -0.2) is 0 Å². The van der Waals surface area contributed by atoms with Gasteiger partial charge in [-0.3, -0.25) is 0 Å². The molecule has 1 N–H and O–H groups in total. The Labute approximate surface area is 88.5 Å². The molecule has 2 nitrogen and oxygen atoms in total. The molecular weight excluding hydrogens is 200 g/mol. The molecule has 0 saturated heterocycles. The minimum absolute atomic E-state index is 0.0954. The van der Waals surface area contributed by atoms with Crippen molar-refractivity contribution in [2.24, 2.45) is 0 Å². The predicted octanol–water partition coefficient (Wildman–Crippen LogP) is 2.74. The van der Waals surface area contributed by atoms with Crippen LogP contribution in [0.15, 0.2) is 24.3 Å². The molecule has 1 atom stereocenters. The van der Waals surface area contributed by atoms with E-state index in [1.165, 1.54) is 6.92 Å². The van der Waals surface area contributed by atoms with Crippen molar-refractivity contribution in [2.45, 2.75) is 25.9 Å². The van der Waals surface area contributed by atoms with Crippen LogP contribution in [0.1, 0.15) is 31.4 Å². The first-order chi connectivity index (χ1) is 6.59. The average molecular weight is 213 g/mol. The molecule has 1 unspecified atom stereocenters. The van der Waals surface area contributed by atoms with Gasteiger partial charge in [0.15, 0.2) is 0 Å². The highest BCUT2D eigenvalue weighted by atomic mass is 35.5. The van der Waals surface area contributed by atoms with Gasteiger partial charge < -0.3 is 9.90 Å². The van der Waals surface area contributed by atoms with E-state index < -0.39 is 6.10 Å². The number of rotatable bonds is 4. The Bertz CT molecular complexity index is 306. The number of aliphatic hydroxyl groups is 1. The molecule has 0 aliphatic heterocycles. The normalized spacial score (nSPS) is 12.5. The van der Waals surface area contributed by atoms with Gasteiger partial charge in [0.1, 0.15) is 5.78 Å². The molecule has 14 heavy (non-hydrogen) atoms. The third kappa shape index (κ3) is 3.48. The van der Waals surface area contributed by atoms with Gasteiger partial charge >= 0.3 is 0 Å². The van der Waals surface area contributed by atoms with Crippen LogP contribution in [0.25, 0.3) is 0 Å². The number of hydrogen-bond donors (Lipinski definition) is 1. The summed E-state index contributed by atoms with van der Waals surface area (Å²) >= 11 is 5.71. The van der Waals surface area contributed by atoms with E-state index in [-0.39, 0.29) is 5.78 Å². The number of carbonyl (C=O) groups excluding carboxylic acids is 1. The number of carbonyl (C=O) groups is 1. The third-order valence-corrected chi connectivity index (χ3v) is 2.28. The maximum absolute atomic E-state index is 10.7. The first-order valence-corrected chi connectivity index (χ1v) is 4.90. The van der Waals surface area contributed by atoms with Crippen molar-refractivity contribution < 1.29 is 9.90 Å². The number of aliphatic hydroxyl groups excluding tert-OH is 1. The van der Waals surface area contributed by atoms with Gasteiger partial charge in [0, 0.05) is 11.4 Å². The summed E-state index contributed by atoms with van der Waals surface area (Å²) in [6, 6.07) is 7.00. The van der Waals surface area contributed by atoms with E-state index in [0.29, 0.717) is 17.9 Å². The Kier molecular flexibility index (Phi) is 4.11. The van der Waals surface area contributed by atoms with Crippen molar-refractivity contribution >= 4 is 17.4 Å². The van der Waals surface area contributed by atoms with Crippen molar-refractivity contribution in [2.75, 3.05) is 0 Å². The minimum Gasteiger partial charge on any atom is -0.388 e. The molecule has 3 heteroatoms. The van der Waals surface area contributed by atoms with Gasteiger partial charge in [0.05, 0.1) is 6.10 Å². The zero-order valence-corrected chi connectivity index (χ0v) is 8.79. The lowest BCUT2D eigenvalue weighted by atomic mass is 10.0. The average Bonchev–Trinajstić information content (AvgIpc) is 2.15. The predicted molar refractivity (Wildman–Crippen MR) is 56.3 cm³/mol. The molecule has 0 aliphatic carbocycles. The molecule has 0 fully saturated rings. The van der Waals surface area contributed by atoms with E-state index in [1.54, 1.807) is 24.3 Å². The lowest BCUT2D eigenvalue weighted by Gasteiger charge is -2.09. The van der Waals surface area contributed by atoms with Crippen LogP contribution in [0.4, 0.5) is 0 Å². The Morgan fingerprint density at radius 1 is 1.43 bits per heavy atom. The van der Waals surface area contributed by atoms with Crippen LogP contribution in [-0.2, 0) is 4.79 Å². The van der Waals surface area contributed by atoms with Crippen LogP contribution in [-0.4, -0.2) is 10.9 Å². The maximum Gasteiger partial charge on any atom is 0.129 e. The number of ketones is 1. The second kappa shape index (κ2) is 5.13. The smallest absolute Gasteiger partial charge is 0.129 e. The Hall–Kier alpha value is -0.860. The van der Waals surface area contributed by atoms with Gasteiger partial charge in [0.25, 0.3) is 0 Å². The summed E-state index contributed by atoms with van der Waals surface area (Å²) in [5, 5.41) is 10.3. The van der Waals surface area contributed by atoms with Crippen LogP contribution < -0.4 is 0 Å². The SMILES string of the molecule is CC(=O)CCC(O)c1ccc(Cl)cc1. The fourth-order valence-electron chi connectivity index (χ4n) is 1.19. The molecule has 0 radical (unpaired) electrons. The van der Waals surface area contributed by atoms with Crippen molar-refractivity contribution in [3.8, 4) is 0 Å². The Morgan fingerprint density at radius 2 is 2.00 bits per heavy atom. The fraction of sp³-hybridized carbons (Fsp3) is 0.364. The fourth-order valence-corrected chi connectivity index (χ4v) is 1.32. The number of hydrogen-bond acceptors (Lipinski definition) is 2. The van der Waals surface area contributed by atoms with E-state index in [9.17, 15) is 9.90 Å².